The van der Waals surface area contributed by atoms with E-state index < -0.39 is 5.69 Å². The van der Waals surface area contributed by atoms with Gasteiger partial charge in [-0.2, -0.15) is 14.5 Å². The molecule has 0 unspecified atom stereocenters. The van der Waals surface area contributed by atoms with E-state index in [0.29, 0.717) is 17.4 Å². The largest absolute Gasteiger partial charge is 0.369 e. The first-order chi connectivity index (χ1) is 11.2. The normalized spacial score (nSPS) is 10.8. The SMILES string of the molecule is CCCn1nccc1NC(=O)Cn1nnn(-c2cccs2)c1=O. The smallest absolute Gasteiger partial charge is 0.309 e. The summed E-state index contributed by atoms with van der Waals surface area (Å²) in [5, 5.41) is 16.9. The Labute approximate surface area is 135 Å². The van der Waals surface area contributed by atoms with Gasteiger partial charge in [0.25, 0.3) is 0 Å². The quantitative estimate of drug-likeness (QED) is 0.717. The van der Waals surface area contributed by atoms with Gasteiger partial charge in [-0.05, 0) is 34.4 Å². The van der Waals surface area contributed by atoms with Gasteiger partial charge in [0.2, 0.25) is 5.91 Å². The van der Waals surface area contributed by atoms with Crippen molar-refractivity contribution in [1.82, 2.24) is 29.6 Å². The highest BCUT2D eigenvalue weighted by Gasteiger charge is 2.14. The fourth-order valence-electron chi connectivity index (χ4n) is 2.05. The summed E-state index contributed by atoms with van der Waals surface area (Å²) in [6.45, 7) is 2.52. The molecule has 3 aromatic rings. The van der Waals surface area contributed by atoms with E-state index in [1.54, 1.807) is 23.0 Å². The van der Waals surface area contributed by atoms with Crippen molar-refractivity contribution in [2.45, 2.75) is 26.4 Å². The summed E-state index contributed by atoms with van der Waals surface area (Å²) in [4.78, 5) is 24.3. The van der Waals surface area contributed by atoms with Crippen LogP contribution in [0.25, 0.3) is 5.00 Å². The number of carbonyl (C=O) groups is 1. The summed E-state index contributed by atoms with van der Waals surface area (Å²) in [7, 11) is 0. The molecule has 0 radical (unpaired) electrons. The van der Waals surface area contributed by atoms with Crippen LogP contribution in [-0.2, 0) is 17.9 Å². The average Bonchev–Trinajstić information content (AvgIpc) is 3.24. The van der Waals surface area contributed by atoms with E-state index >= 15 is 0 Å². The van der Waals surface area contributed by atoms with Gasteiger partial charge in [0.15, 0.2) is 0 Å². The Bertz CT molecular complexity index is 846. The molecule has 1 N–H and O–H groups in total. The van der Waals surface area contributed by atoms with Crippen molar-refractivity contribution in [3.63, 3.8) is 0 Å². The minimum atomic E-state index is -0.454. The lowest BCUT2D eigenvalue weighted by molar-refractivity contribution is -0.117. The lowest BCUT2D eigenvalue weighted by Gasteiger charge is -2.07. The van der Waals surface area contributed by atoms with E-state index in [1.807, 2.05) is 18.4 Å². The summed E-state index contributed by atoms with van der Waals surface area (Å²) in [5.41, 5.74) is -0.454. The third-order valence-electron chi connectivity index (χ3n) is 3.07. The van der Waals surface area contributed by atoms with Crippen molar-refractivity contribution in [2.24, 2.45) is 0 Å². The number of rotatable bonds is 6. The van der Waals surface area contributed by atoms with E-state index in [9.17, 15) is 9.59 Å². The molecule has 0 atom stereocenters. The summed E-state index contributed by atoms with van der Waals surface area (Å²) in [6, 6.07) is 5.28. The van der Waals surface area contributed by atoms with Gasteiger partial charge >= 0.3 is 5.69 Å². The maximum absolute atomic E-state index is 12.2. The Balaban J connectivity index is 1.71. The first-order valence-electron chi connectivity index (χ1n) is 7.07. The molecule has 9 nitrogen and oxygen atoms in total. The zero-order valence-corrected chi connectivity index (χ0v) is 13.2. The Hall–Kier alpha value is -2.75. The number of hydrogen-bond donors (Lipinski definition) is 1. The van der Waals surface area contributed by atoms with Crippen LogP contribution in [0.1, 0.15) is 13.3 Å². The van der Waals surface area contributed by atoms with Gasteiger partial charge in [-0.15, -0.1) is 11.3 Å². The summed E-state index contributed by atoms with van der Waals surface area (Å²) in [5.74, 6) is 0.235. The van der Waals surface area contributed by atoms with E-state index in [0.717, 1.165) is 11.1 Å². The zero-order valence-electron chi connectivity index (χ0n) is 12.4. The highest BCUT2D eigenvalue weighted by molar-refractivity contribution is 7.12. The lowest BCUT2D eigenvalue weighted by atomic mass is 10.5. The molecule has 3 aromatic heterocycles. The van der Waals surface area contributed by atoms with Crippen molar-refractivity contribution in [3.8, 4) is 5.00 Å². The number of aryl methyl sites for hydroxylation is 1. The molecule has 10 heteroatoms. The number of aromatic nitrogens is 6. The van der Waals surface area contributed by atoms with Crippen LogP contribution in [0, 0.1) is 0 Å². The second-order valence-electron chi connectivity index (χ2n) is 4.77. The van der Waals surface area contributed by atoms with Gasteiger partial charge in [-0.25, -0.2) is 9.48 Å². The standard InChI is InChI=1S/C13H15N7O2S/c1-2-7-18-10(5-6-14-18)15-11(21)9-19-13(22)20(17-16-19)12-4-3-8-23-12/h3-6,8H,2,7,9H2,1H3,(H,15,21). The van der Waals surface area contributed by atoms with Crippen LogP contribution >= 0.6 is 11.3 Å². The van der Waals surface area contributed by atoms with E-state index in [4.69, 9.17) is 0 Å². The van der Waals surface area contributed by atoms with Gasteiger partial charge in [-0.1, -0.05) is 6.92 Å². The van der Waals surface area contributed by atoms with Crippen molar-refractivity contribution in [2.75, 3.05) is 5.32 Å². The topological polar surface area (TPSA) is 99.6 Å². The van der Waals surface area contributed by atoms with Gasteiger partial charge < -0.3 is 5.32 Å². The molecule has 0 saturated carbocycles. The molecule has 120 valence electrons. The van der Waals surface area contributed by atoms with Crippen LogP contribution in [0.5, 0.6) is 0 Å². The molecular formula is C13H15N7O2S. The zero-order chi connectivity index (χ0) is 16.2. The molecule has 1 amide bonds. The van der Waals surface area contributed by atoms with Gasteiger partial charge in [0, 0.05) is 12.6 Å². The Morgan fingerprint density at radius 2 is 2.17 bits per heavy atom. The molecule has 3 heterocycles. The van der Waals surface area contributed by atoms with Crippen molar-refractivity contribution >= 4 is 23.1 Å². The first-order valence-corrected chi connectivity index (χ1v) is 7.95. The predicted molar refractivity (Wildman–Crippen MR) is 84.6 cm³/mol. The third kappa shape index (κ3) is 3.21. The molecule has 3 rings (SSSR count). The van der Waals surface area contributed by atoms with Gasteiger partial charge in [0.05, 0.1) is 6.20 Å². The molecule has 23 heavy (non-hydrogen) atoms. The number of anilines is 1. The molecule has 0 bridgehead atoms. The fourth-order valence-corrected chi connectivity index (χ4v) is 2.72. The van der Waals surface area contributed by atoms with Crippen LogP contribution in [-0.4, -0.2) is 35.5 Å². The highest BCUT2D eigenvalue weighted by Crippen LogP contribution is 2.10. The number of nitrogens with one attached hydrogen (secondary N) is 1. The van der Waals surface area contributed by atoms with Crippen LogP contribution in [0.15, 0.2) is 34.6 Å². The maximum atomic E-state index is 12.2. The number of nitrogens with zero attached hydrogens (tertiary/aromatic N) is 6. The molecular weight excluding hydrogens is 318 g/mol. The summed E-state index contributed by atoms with van der Waals surface area (Å²) < 4.78 is 3.89. The van der Waals surface area contributed by atoms with Crippen LogP contribution in [0.3, 0.4) is 0 Å². The number of hydrogen-bond acceptors (Lipinski definition) is 6. The van der Waals surface area contributed by atoms with Crippen molar-refractivity contribution < 1.29 is 4.79 Å². The van der Waals surface area contributed by atoms with E-state index in [2.05, 4.69) is 20.8 Å². The maximum Gasteiger partial charge on any atom is 0.369 e. The molecule has 0 spiro atoms. The minimum absolute atomic E-state index is 0.207. The fraction of sp³-hybridized carbons (Fsp3) is 0.308. The van der Waals surface area contributed by atoms with Crippen LogP contribution < -0.4 is 11.0 Å². The predicted octanol–water partition coefficient (Wildman–Crippen LogP) is 0.736. The first kappa shape index (κ1) is 15.2. The summed E-state index contributed by atoms with van der Waals surface area (Å²) in [6.07, 6.45) is 2.52. The second-order valence-corrected chi connectivity index (χ2v) is 5.70. The van der Waals surface area contributed by atoms with Crippen LogP contribution in [0.4, 0.5) is 5.82 Å². The van der Waals surface area contributed by atoms with Crippen LogP contribution in [0.2, 0.25) is 0 Å². The third-order valence-corrected chi connectivity index (χ3v) is 3.91. The second kappa shape index (κ2) is 6.57. The highest BCUT2D eigenvalue weighted by atomic mass is 32.1. The van der Waals surface area contributed by atoms with E-state index in [1.165, 1.54) is 16.0 Å². The number of tetrazole rings is 1. The molecule has 0 aliphatic carbocycles. The Morgan fingerprint density at radius 1 is 1.30 bits per heavy atom. The summed E-state index contributed by atoms with van der Waals surface area (Å²) >= 11 is 1.37. The minimum Gasteiger partial charge on any atom is -0.309 e. The molecule has 0 fully saturated rings. The number of carbonyl (C=O) groups excluding carboxylic acids is 1. The van der Waals surface area contributed by atoms with Crippen molar-refractivity contribution in [1.29, 1.82) is 0 Å². The Morgan fingerprint density at radius 3 is 2.91 bits per heavy atom. The Kier molecular flexibility index (Phi) is 4.33. The van der Waals surface area contributed by atoms with Gasteiger partial charge in [0.1, 0.15) is 17.4 Å². The molecule has 0 aliphatic heterocycles. The molecule has 0 saturated heterocycles. The molecule has 0 aromatic carbocycles. The molecule has 0 aliphatic rings. The number of amides is 1. The van der Waals surface area contributed by atoms with Gasteiger partial charge in [-0.3, -0.25) is 4.79 Å². The lowest BCUT2D eigenvalue weighted by Crippen LogP contribution is -2.30. The van der Waals surface area contributed by atoms with E-state index in [-0.39, 0.29) is 12.5 Å². The monoisotopic (exact) mass is 333 g/mol. The number of thiophene rings is 1. The van der Waals surface area contributed by atoms with Crippen molar-refractivity contribution in [3.05, 3.63) is 40.3 Å². The average molecular weight is 333 g/mol.